The minimum absolute atomic E-state index is 0.228. The van der Waals surface area contributed by atoms with Gasteiger partial charge in [0.05, 0.1) is 24.2 Å². The number of amides is 2. The third kappa shape index (κ3) is 4.05. The van der Waals surface area contributed by atoms with E-state index in [0.29, 0.717) is 30.4 Å². The summed E-state index contributed by atoms with van der Waals surface area (Å²) in [4.78, 5) is 23.6. The van der Waals surface area contributed by atoms with Gasteiger partial charge in [-0.2, -0.15) is 0 Å². The molecule has 0 radical (unpaired) electrons. The summed E-state index contributed by atoms with van der Waals surface area (Å²) in [5, 5.41) is 2.95. The lowest BCUT2D eigenvalue weighted by molar-refractivity contribution is -0.134. The van der Waals surface area contributed by atoms with E-state index in [-0.39, 0.29) is 11.8 Å². The van der Waals surface area contributed by atoms with Crippen LogP contribution < -0.4 is 10.1 Å². The van der Waals surface area contributed by atoms with Crippen molar-refractivity contribution in [3.63, 3.8) is 0 Å². The summed E-state index contributed by atoms with van der Waals surface area (Å²) in [5.74, 6) is 0.358. The van der Waals surface area contributed by atoms with Crippen LogP contribution in [0.5, 0.6) is 5.75 Å². The molecule has 6 heteroatoms. The zero-order chi connectivity index (χ0) is 19.5. The van der Waals surface area contributed by atoms with Crippen LogP contribution in [0.1, 0.15) is 30.7 Å². The predicted molar refractivity (Wildman–Crippen MR) is 106 cm³/mol. The van der Waals surface area contributed by atoms with Gasteiger partial charge in [0, 0.05) is 24.5 Å². The molecule has 0 aliphatic carbocycles. The molecule has 1 N–H and O–H groups in total. The molecule has 2 saturated heterocycles. The van der Waals surface area contributed by atoms with Crippen molar-refractivity contribution in [1.29, 1.82) is 0 Å². The first-order valence-corrected chi connectivity index (χ1v) is 9.92. The average molecular weight is 400 g/mol. The van der Waals surface area contributed by atoms with Crippen LogP contribution in [0.4, 0.5) is 0 Å². The summed E-state index contributed by atoms with van der Waals surface area (Å²) in [6, 6.07) is 13.5. The predicted octanol–water partition coefficient (Wildman–Crippen LogP) is 3.94. The Balaban J connectivity index is 1.51. The Morgan fingerprint density at radius 2 is 1.93 bits per heavy atom. The highest BCUT2D eigenvalue weighted by Gasteiger charge is 2.30. The van der Waals surface area contributed by atoms with E-state index in [4.69, 9.17) is 21.1 Å². The highest BCUT2D eigenvalue weighted by molar-refractivity contribution is 6.34. The summed E-state index contributed by atoms with van der Waals surface area (Å²) in [6.45, 7) is 2.24. The number of benzene rings is 2. The molecule has 2 amide bonds. The van der Waals surface area contributed by atoms with Crippen LogP contribution in [-0.4, -0.2) is 31.6 Å². The molecule has 2 aromatic rings. The Bertz CT molecular complexity index is 875. The van der Waals surface area contributed by atoms with Gasteiger partial charge in [0.1, 0.15) is 5.75 Å². The lowest BCUT2D eigenvalue weighted by Gasteiger charge is -2.23. The van der Waals surface area contributed by atoms with Gasteiger partial charge in [0.15, 0.2) is 0 Å². The number of hydrogen-bond donors (Lipinski definition) is 1. The number of carbonyl (C=O) groups excluding carboxylic acids is 2. The lowest BCUT2D eigenvalue weighted by Crippen LogP contribution is -2.39. The molecule has 5 nitrogen and oxygen atoms in total. The van der Waals surface area contributed by atoms with Crippen LogP contribution in [0.2, 0.25) is 5.02 Å². The van der Waals surface area contributed by atoms with Crippen molar-refractivity contribution in [2.75, 3.05) is 19.8 Å². The highest BCUT2D eigenvalue weighted by atomic mass is 35.5. The zero-order valence-electron chi connectivity index (χ0n) is 15.4. The molecule has 2 heterocycles. The quantitative estimate of drug-likeness (QED) is 0.773. The maximum atomic E-state index is 12.2. The van der Waals surface area contributed by atoms with E-state index in [2.05, 4.69) is 5.32 Å². The van der Waals surface area contributed by atoms with E-state index in [0.717, 1.165) is 42.1 Å². The fourth-order valence-corrected chi connectivity index (χ4v) is 4.06. The molecule has 0 aromatic heterocycles. The van der Waals surface area contributed by atoms with Gasteiger partial charge >= 0.3 is 0 Å². The number of rotatable bonds is 5. The van der Waals surface area contributed by atoms with Crippen molar-refractivity contribution in [3.05, 3.63) is 53.1 Å². The summed E-state index contributed by atoms with van der Waals surface area (Å²) in [5.41, 5.74) is 2.57. The molecule has 2 atom stereocenters. The Labute approximate surface area is 169 Å². The van der Waals surface area contributed by atoms with Crippen molar-refractivity contribution in [1.82, 2.24) is 5.32 Å². The number of hydrogen-bond acceptors (Lipinski definition) is 4. The largest absolute Gasteiger partial charge is 0.493 e. The van der Waals surface area contributed by atoms with Crippen molar-refractivity contribution >= 4 is 23.4 Å². The van der Waals surface area contributed by atoms with Gasteiger partial charge in [0.2, 0.25) is 11.8 Å². The molecule has 2 aliphatic heterocycles. The van der Waals surface area contributed by atoms with Crippen molar-refractivity contribution in [3.8, 4) is 16.9 Å². The normalized spacial score (nSPS) is 22.2. The molecule has 2 fully saturated rings. The number of imide groups is 1. The SMILES string of the molecule is O=C1CCC(c2cccc(-c3ccc(OCC4CCOC4)cc3)c2Cl)C(=O)N1. The van der Waals surface area contributed by atoms with Crippen molar-refractivity contribution < 1.29 is 19.1 Å². The number of nitrogens with one attached hydrogen (secondary N) is 1. The van der Waals surface area contributed by atoms with E-state index in [9.17, 15) is 9.59 Å². The first-order chi connectivity index (χ1) is 13.6. The topological polar surface area (TPSA) is 64.6 Å². The Kier molecular flexibility index (Phi) is 5.64. The molecule has 0 bridgehead atoms. The van der Waals surface area contributed by atoms with Gasteiger partial charge in [0.25, 0.3) is 0 Å². The van der Waals surface area contributed by atoms with Gasteiger partial charge in [-0.05, 0) is 36.1 Å². The molecular weight excluding hydrogens is 378 g/mol. The monoisotopic (exact) mass is 399 g/mol. The van der Waals surface area contributed by atoms with Gasteiger partial charge in [-0.1, -0.05) is 41.9 Å². The second kappa shape index (κ2) is 8.33. The molecule has 146 valence electrons. The summed E-state index contributed by atoms with van der Waals surface area (Å²) in [6.07, 6.45) is 1.85. The molecule has 0 spiro atoms. The lowest BCUT2D eigenvalue weighted by atomic mass is 9.88. The van der Waals surface area contributed by atoms with Gasteiger partial charge in [-0.15, -0.1) is 0 Å². The molecule has 2 unspecified atom stereocenters. The van der Waals surface area contributed by atoms with E-state index in [1.54, 1.807) is 0 Å². The first kappa shape index (κ1) is 19.0. The maximum absolute atomic E-state index is 12.2. The highest BCUT2D eigenvalue weighted by Crippen LogP contribution is 2.37. The third-order valence-corrected chi connectivity index (χ3v) is 5.74. The molecule has 2 aromatic carbocycles. The molecular formula is C22H22ClNO4. The Hall–Kier alpha value is -2.37. The van der Waals surface area contributed by atoms with Crippen LogP contribution in [0.3, 0.4) is 0 Å². The molecule has 4 rings (SSSR count). The van der Waals surface area contributed by atoms with E-state index >= 15 is 0 Å². The van der Waals surface area contributed by atoms with Gasteiger partial charge in [-0.3, -0.25) is 14.9 Å². The minimum atomic E-state index is -0.401. The zero-order valence-corrected chi connectivity index (χ0v) is 16.2. The fraction of sp³-hybridized carbons (Fsp3) is 0.364. The minimum Gasteiger partial charge on any atom is -0.493 e. The maximum Gasteiger partial charge on any atom is 0.234 e. The number of piperidine rings is 1. The molecule has 28 heavy (non-hydrogen) atoms. The summed E-state index contributed by atoms with van der Waals surface area (Å²) < 4.78 is 11.2. The van der Waals surface area contributed by atoms with Crippen LogP contribution in [0.15, 0.2) is 42.5 Å². The van der Waals surface area contributed by atoms with Crippen molar-refractivity contribution in [2.24, 2.45) is 5.92 Å². The number of ether oxygens (including phenoxy) is 2. The second-order valence-corrected chi connectivity index (χ2v) is 7.66. The van der Waals surface area contributed by atoms with Crippen LogP contribution >= 0.6 is 11.6 Å². The molecule has 0 saturated carbocycles. The van der Waals surface area contributed by atoms with Gasteiger partial charge in [-0.25, -0.2) is 0 Å². The van der Waals surface area contributed by atoms with E-state index in [1.165, 1.54) is 0 Å². The van der Waals surface area contributed by atoms with E-state index in [1.807, 2.05) is 42.5 Å². The second-order valence-electron chi connectivity index (χ2n) is 7.28. The number of halogens is 1. The van der Waals surface area contributed by atoms with Crippen LogP contribution in [0, 0.1) is 5.92 Å². The van der Waals surface area contributed by atoms with Crippen molar-refractivity contribution in [2.45, 2.75) is 25.2 Å². The number of carbonyl (C=O) groups is 2. The standard InChI is InChI=1S/C22H22ClNO4/c23-21-17(2-1-3-18(21)19-8-9-20(25)24-22(19)26)15-4-6-16(7-5-15)28-13-14-10-11-27-12-14/h1-7,14,19H,8-13H2,(H,24,25,26). The van der Waals surface area contributed by atoms with Crippen LogP contribution in [0.25, 0.3) is 11.1 Å². The molecule has 2 aliphatic rings. The smallest absolute Gasteiger partial charge is 0.234 e. The van der Waals surface area contributed by atoms with Crippen LogP contribution in [-0.2, 0) is 14.3 Å². The Morgan fingerprint density at radius 3 is 2.64 bits per heavy atom. The fourth-order valence-electron chi connectivity index (χ4n) is 3.69. The van der Waals surface area contributed by atoms with Gasteiger partial charge < -0.3 is 9.47 Å². The first-order valence-electron chi connectivity index (χ1n) is 9.55. The van der Waals surface area contributed by atoms with E-state index < -0.39 is 5.92 Å². The Morgan fingerprint density at radius 1 is 1.11 bits per heavy atom. The summed E-state index contributed by atoms with van der Waals surface area (Å²) >= 11 is 6.66. The third-order valence-electron chi connectivity index (χ3n) is 5.32. The average Bonchev–Trinajstić information content (AvgIpc) is 3.21. The summed E-state index contributed by atoms with van der Waals surface area (Å²) in [7, 11) is 0.